The summed E-state index contributed by atoms with van der Waals surface area (Å²) >= 11 is 5.12. The van der Waals surface area contributed by atoms with Crippen molar-refractivity contribution in [2.75, 3.05) is 6.54 Å². The van der Waals surface area contributed by atoms with E-state index in [1.807, 2.05) is 12.1 Å². The van der Waals surface area contributed by atoms with E-state index in [4.69, 9.17) is 5.73 Å². The van der Waals surface area contributed by atoms with E-state index in [-0.39, 0.29) is 36.8 Å². The van der Waals surface area contributed by atoms with E-state index in [2.05, 4.69) is 32.3 Å². The number of amides is 1. The number of benzene rings is 1. The summed E-state index contributed by atoms with van der Waals surface area (Å²) in [6.07, 6.45) is 4.55. The Labute approximate surface area is 166 Å². The van der Waals surface area contributed by atoms with Gasteiger partial charge in [0.05, 0.1) is 15.2 Å². The van der Waals surface area contributed by atoms with E-state index in [0.29, 0.717) is 25.3 Å². The highest BCUT2D eigenvalue weighted by Crippen LogP contribution is 2.26. The molecule has 1 aromatic carbocycles. The highest BCUT2D eigenvalue weighted by Gasteiger charge is 2.27. The lowest BCUT2D eigenvalue weighted by molar-refractivity contribution is -0.122. The largest absolute Gasteiger partial charge is 0.353 e. The van der Waals surface area contributed by atoms with Gasteiger partial charge in [-0.2, -0.15) is 0 Å². The minimum Gasteiger partial charge on any atom is -0.353 e. The second kappa shape index (κ2) is 9.92. The van der Waals surface area contributed by atoms with E-state index in [1.54, 1.807) is 11.3 Å². The van der Waals surface area contributed by atoms with Crippen LogP contribution in [0.1, 0.15) is 30.7 Å². The molecule has 0 aliphatic heterocycles. The summed E-state index contributed by atoms with van der Waals surface area (Å²) in [5, 5.41) is 4.16. The molecule has 134 valence electrons. The SMILES string of the molecule is Cl.Cl.NCC1CCCC1NC(=O)CCc1nc2cc(Br)ccc2s1. The molecule has 1 aliphatic rings. The Balaban J connectivity index is 0.00000144. The van der Waals surface area contributed by atoms with Crippen LogP contribution in [-0.2, 0) is 11.2 Å². The first-order valence-corrected chi connectivity index (χ1v) is 9.31. The van der Waals surface area contributed by atoms with Crippen molar-refractivity contribution >= 4 is 68.2 Å². The number of rotatable bonds is 5. The number of nitrogens with zero attached hydrogens (tertiary/aromatic N) is 1. The Bertz CT molecular complexity index is 682. The van der Waals surface area contributed by atoms with Gasteiger partial charge < -0.3 is 11.1 Å². The molecule has 1 aliphatic carbocycles. The molecule has 0 bridgehead atoms. The highest BCUT2D eigenvalue weighted by atomic mass is 79.9. The quantitative estimate of drug-likeness (QED) is 0.715. The predicted molar refractivity (Wildman–Crippen MR) is 108 cm³/mol. The molecule has 4 nitrogen and oxygen atoms in total. The average Bonchev–Trinajstić information content (AvgIpc) is 3.10. The van der Waals surface area contributed by atoms with Gasteiger partial charge in [-0.3, -0.25) is 4.79 Å². The number of nitrogens with one attached hydrogen (secondary N) is 1. The van der Waals surface area contributed by atoms with E-state index in [9.17, 15) is 4.79 Å². The van der Waals surface area contributed by atoms with Gasteiger partial charge in [-0.05, 0) is 43.5 Å². The first-order chi connectivity index (χ1) is 10.7. The Morgan fingerprint density at radius 2 is 2.17 bits per heavy atom. The smallest absolute Gasteiger partial charge is 0.220 e. The molecule has 3 N–H and O–H groups in total. The average molecular weight is 455 g/mol. The van der Waals surface area contributed by atoms with Gasteiger partial charge in [0.25, 0.3) is 0 Å². The van der Waals surface area contributed by atoms with E-state index >= 15 is 0 Å². The molecule has 1 aromatic heterocycles. The zero-order valence-electron chi connectivity index (χ0n) is 13.2. The number of fused-ring (bicyclic) bond motifs is 1. The minimum absolute atomic E-state index is 0. The van der Waals surface area contributed by atoms with Crippen LogP contribution in [0.5, 0.6) is 0 Å². The summed E-state index contributed by atoms with van der Waals surface area (Å²) < 4.78 is 2.20. The number of nitrogens with two attached hydrogens (primary N) is 1. The van der Waals surface area contributed by atoms with Crippen molar-refractivity contribution in [2.24, 2.45) is 11.7 Å². The maximum absolute atomic E-state index is 12.1. The van der Waals surface area contributed by atoms with Gasteiger partial charge in [0.1, 0.15) is 0 Å². The fourth-order valence-corrected chi connectivity index (χ4v) is 4.36. The molecule has 8 heteroatoms. The van der Waals surface area contributed by atoms with Crippen LogP contribution in [-0.4, -0.2) is 23.5 Å². The summed E-state index contributed by atoms with van der Waals surface area (Å²) in [6, 6.07) is 6.36. The van der Waals surface area contributed by atoms with E-state index in [0.717, 1.165) is 32.5 Å². The number of aryl methyl sites for hydroxylation is 1. The summed E-state index contributed by atoms with van der Waals surface area (Å²) in [4.78, 5) is 16.7. The van der Waals surface area contributed by atoms with Gasteiger partial charge in [0.15, 0.2) is 0 Å². The number of thiazole rings is 1. The topological polar surface area (TPSA) is 68.0 Å². The van der Waals surface area contributed by atoms with Crippen molar-refractivity contribution in [3.05, 3.63) is 27.7 Å². The van der Waals surface area contributed by atoms with Gasteiger partial charge in [-0.1, -0.05) is 22.4 Å². The zero-order valence-corrected chi connectivity index (χ0v) is 17.2. The lowest BCUT2D eigenvalue weighted by Crippen LogP contribution is -2.39. The maximum atomic E-state index is 12.1. The van der Waals surface area contributed by atoms with Crippen LogP contribution >= 0.6 is 52.1 Å². The summed E-state index contributed by atoms with van der Waals surface area (Å²) in [6.45, 7) is 0.664. The molecule has 2 aromatic rings. The molecule has 3 rings (SSSR count). The molecule has 1 fully saturated rings. The Hall–Kier alpha value is -0.400. The molecular formula is C16H22BrCl2N3OS. The van der Waals surface area contributed by atoms with Crippen molar-refractivity contribution < 1.29 is 4.79 Å². The van der Waals surface area contributed by atoms with Crippen molar-refractivity contribution in [1.82, 2.24) is 10.3 Å². The van der Waals surface area contributed by atoms with Crippen LogP contribution in [0.2, 0.25) is 0 Å². The third kappa shape index (κ3) is 5.30. The zero-order chi connectivity index (χ0) is 15.5. The van der Waals surface area contributed by atoms with Crippen molar-refractivity contribution in [1.29, 1.82) is 0 Å². The van der Waals surface area contributed by atoms with Crippen LogP contribution in [0.3, 0.4) is 0 Å². The van der Waals surface area contributed by atoms with Gasteiger partial charge in [-0.25, -0.2) is 4.98 Å². The van der Waals surface area contributed by atoms with Crippen LogP contribution in [0.4, 0.5) is 0 Å². The Morgan fingerprint density at radius 1 is 1.38 bits per heavy atom. The van der Waals surface area contributed by atoms with E-state index < -0.39 is 0 Å². The normalized spacial score (nSPS) is 19.6. The van der Waals surface area contributed by atoms with Crippen LogP contribution in [0, 0.1) is 5.92 Å². The molecule has 0 saturated heterocycles. The van der Waals surface area contributed by atoms with Crippen LogP contribution in [0.15, 0.2) is 22.7 Å². The number of carbonyl (C=O) groups excluding carboxylic acids is 1. The first-order valence-electron chi connectivity index (χ1n) is 7.70. The summed E-state index contributed by atoms with van der Waals surface area (Å²) in [7, 11) is 0. The molecule has 2 unspecified atom stereocenters. The van der Waals surface area contributed by atoms with Crippen LogP contribution < -0.4 is 11.1 Å². The lowest BCUT2D eigenvalue weighted by atomic mass is 10.0. The van der Waals surface area contributed by atoms with Gasteiger partial charge in [0, 0.05) is 23.4 Å². The molecule has 1 saturated carbocycles. The van der Waals surface area contributed by atoms with Crippen LogP contribution in [0.25, 0.3) is 10.2 Å². The standard InChI is InChI=1S/C16H20BrN3OS.2ClH/c17-11-4-5-14-13(8-11)20-16(22-14)7-6-15(21)19-12-3-1-2-10(12)9-18;;/h4-5,8,10,12H,1-3,6-7,9,18H2,(H,19,21);2*1H. The Morgan fingerprint density at radius 3 is 2.92 bits per heavy atom. The monoisotopic (exact) mass is 453 g/mol. The van der Waals surface area contributed by atoms with E-state index in [1.165, 1.54) is 6.42 Å². The number of carbonyl (C=O) groups is 1. The highest BCUT2D eigenvalue weighted by molar-refractivity contribution is 9.10. The van der Waals surface area contributed by atoms with Gasteiger partial charge in [-0.15, -0.1) is 36.2 Å². The molecule has 2 atom stereocenters. The van der Waals surface area contributed by atoms with Gasteiger partial charge in [0.2, 0.25) is 5.91 Å². The number of hydrogen-bond acceptors (Lipinski definition) is 4. The minimum atomic E-state index is 0. The molecular weight excluding hydrogens is 433 g/mol. The molecule has 24 heavy (non-hydrogen) atoms. The lowest BCUT2D eigenvalue weighted by Gasteiger charge is -2.19. The number of aromatic nitrogens is 1. The first kappa shape index (κ1) is 21.6. The second-order valence-corrected chi connectivity index (χ2v) is 7.85. The summed E-state index contributed by atoms with van der Waals surface area (Å²) in [5.41, 5.74) is 6.75. The second-order valence-electron chi connectivity index (χ2n) is 5.82. The third-order valence-electron chi connectivity index (χ3n) is 4.27. The van der Waals surface area contributed by atoms with Gasteiger partial charge >= 0.3 is 0 Å². The number of halogens is 3. The van der Waals surface area contributed by atoms with Crippen molar-refractivity contribution in [3.63, 3.8) is 0 Å². The maximum Gasteiger partial charge on any atom is 0.220 e. The molecule has 0 spiro atoms. The fraction of sp³-hybridized carbons (Fsp3) is 0.500. The molecule has 0 radical (unpaired) electrons. The molecule has 1 amide bonds. The third-order valence-corrected chi connectivity index (χ3v) is 5.86. The fourth-order valence-electron chi connectivity index (χ4n) is 3.06. The Kier molecular flexibility index (Phi) is 8.95. The van der Waals surface area contributed by atoms with Crippen molar-refractivity contribution in [2.45, 2.75) is 38.1 Å². The number of hydrogen-bond donors (Lipinski definition) is 2. The summed E-state index contributed by atoms with van der Waals surface area (Å²) in [5.74, 6) is 0.564. The predicted octanol–water partition coefficient (Wildman–Crippen LogP) is 4.08. The van der Waals surface area contributed by atoms with Crippen molar-refractivity contribution in [3.8, 4) is 0 Å². The molecule has 1 heterocycles.